The molecule has 2 rings (SSSR count). The van der Waals surface area contributed by atoms with E-state index in [4.69, 9.17) is 5.73 Å². The predicted octanol–water partition coefficient (Wildman–Crippen LogP) is 1.92. The van der Waals surface area contributed by atoms with E-state index in [1.807, 2.05) is 0 Å². The van der Waals surface area contributed by atoms with Crippen LogP contribution in [0.2, 0.25) is 0 Å². The summed E-state index contributed by atoms with van der Waals surface area (Å²) in [5, 5.41) is 0. The summed E-state index contributed by atoms with van der Waals surface area (Å²) in [6.45, 7) is 7.98. The molecule has 1 aliphatic heterocycles. The van der Waals surface area contributed by atoms with Crippen LogP contribution in [0.1, 0.15) is 46.0 Å². The molecule has 1 aliphatic carbocycles. The fourth-order valence-electron chi connectivity index (χ4n) is 4.06. The molecular weight excluding hydrogens is 222 g/mol. The van der Waals surface area contributed by atoms with Crippen molar-refractivity contribution >= 4 is 0 Å². The lowest BCUT2D eigenvalue weighted by Crippen LogP contribution is -2.50. The fourth-order valence-corrected chi connectivity index (χ4v) is 4.06. The maximum Gasteiger partial charge on any atom is 0.0240 e. The van der Waals surface area contributed by atoms with E-state index in [0.29, 0.717) is 0 Å². The molecule has 0 aromatic rings. The average Bonchev–Trinajstić information content (AvgIpc) is 2.71. The number of likely N-dealkylation sites (N-methyl/N-ethyl adjacent to an activating group) is 2. The van der Waals surface area contributed by atoms with Gasteiger partial charge in [-0.1, -0.05) is 19.8 Å². The lowest BCUT2D eigenvalue weighted by Gasteiger charge is -2.42. The highest BCUT2D eigenvalue weighted by Gasteiger charge is 2.36. The zero-order chi connectivity index (χ0) is 13.1. The van der Waals surface area contributed by atoms with Gasteiger partial charge in [0.05, 0.1) is 0 Å². The topological polar surface area (TPSA) is 32.5 Å². The molecule has 3 nitrogen and oxygen atoms in total. The van der Waals surface area contributed by atoms with Gasteiger partial charge < -0.3 is 10.6 Å². The van der Waals surface area contributed by atoms with E-state index in [1.54, 1.807) is 0 Å². The predicted molar refractivity (Wildman–Crippen MR) is 77.7 cm³/mol. The standard InChI is InChI=1S/C15H31N3/c1-4-18(14-9-12(2)17(3)11-14)15-8-6-5-7-13(15)10-16/h12-15H,4-11,16H2,1-3H3. The summed E-state index contributed by atoms with van der Waals surface area (Å²) in [5.41, 5.74) is 6.00. The Bertz CT molecular complexity index is 246. The second-order valence-corrected chi connectivity index (χ2v) is 6.36. The molecule has 1 saturated heterocycles. The summed E-state index contributed by atoms with van der Waals surface area (Å²) in [6.07, 6.45) is 6.82. The Morgan fingerprint density at radius 3 is 2.56 bits per heavy atom. The molecule has 1 saturated carbocycles. The van der Waals surface area contributed by atoms with Crippen LogP contribution in [0.25, 0.3) is 0 Å². The summed E-state index contributed by atoms with van der Waals surface area (Å²) in [5.74, 6) is 0.736. The molecule has 0 amide bonds. The van der Waals surface area contributed by atoms with Crippen molar-refractivity contribution in [2.45, 2.75) is 64.1 Å². The highest BCUT2D eigenvalue weighted by Crippen LogP contribution is 2.31. The number of nitrogens with two attached hydrogens (primary N) is 1. The van der Waals surface area contributed by atoms with E-state index in [9.17, 15) is 0 Å². The molecule has 2 fully saturated rings. The van der Waals surface area contributed by atoms with Crippen molar-refractivity contribution in [3.8, 4) is 0 Å². The van der Waals surface area contributed by atoms with Crippen molar-refractivity contribution in [2.75, 3.05) is 26.7 Å². The van der Waals surface area contributed by atoms with Crippen LogP contribution in [0.15, 0.2) is 0 Å². The Kier molecular flexibility index (Phi) is 5.05. The lowest BCUT2D eigenvalue weighted by molar-refractivity contribution is 0.0738. The first-order chi connectivity index (χ1) is 8.67. The number of nitrogens with zero attached hydrogens (tertiary/aromatic N) is 2. The molecule has 0 bridgehead atoms. The first-order valence-electron chi connectivity index (χ1n) is 7.83. The van der Waals surface area contributed by atoms with Gasteiger partial charge in [0.2, 0.25) is 0 Å². The highest BCUT2D eigenvalue weighted by atomic mass is 15.3. The van der Waals surface area contributed by atoms with Crippen molar-refractivity contribution in [2.24, 2.45) is 11.7 Å². The third-order valence-corrected chi connectivity index (χ3v) is 5.30. The Morgan fingerprint density at radius 1 is 1.28 bits per heavy atom. The normalized spacial score (nSPS) is 38.5. The van der Waals surface area contributed by atoms with Gasteiger partial charge in [0.25, 0.3) is 0 Å². The van der Waals surface area contributed by atoms with Crippen LogP contribution in [0.3, 0.4) is 0 Å². The van der Waals surface area contributed by atoms with Crippen LogP contribution >= 0.6 is 0 Å². The molecule has 0 aromatic carbocycles. The fraction of sp³-hybridized carbons (Fsp3) is 1.00. The minimum atomic E-state index is 0.736. The van der Waals surface area contributed by atoms with Gasteiger partial charge in [-0.05, 0) is 52.2 Å². The van der Waals surface area contributed by atoms with Crippen LogP contribution in [-0.2, 0) is 0 Å². The summed E-state index contributed by atoms with van der Waals surface area (Å²) in [4.78, 5) is 5.28. The zero-order valence-electron chi connectivity index (χ0n) is 12.4. The quantitative estimate of drug-likeness (QED) is 0.831. The Labute approximate surface area is 113 Å². The van der Waals surface area contributed by atoms with Gasteiger partial charge in [-0.15, -0.1) is 0 Å². The highest BCUT2D eigenvalue weighted by molar-refractivity contribution is 4.92. The van der Waals surface area contributed by atoms with Gasteiger partial charge in [-0.25, -0.2) is 0 Å². The number of hydrogen-bond acceptors (Lipinski definition) is 3. The van der Waals surface area contributed by atoms with Gasteiger partial charge in [-0.3, -0.25) is 4.90 Å². The third kappa shape index (κ3) is 2.89. The minimum absolute atomic E-state index is 0.736. The maximum absolute atomic E-state index is 6.00. The van der Waals surface area contributed by atoms with Gasteiger partial charge in [0.15, 0.2) is 0 Å². The number of likely N-dealkylation sites (tertiary alicyclic amines) is 1. The third-order valence-electron chi connectivity index (χ3n) is 5.30. The monoisotopic (exact) mass is 253 g/mol. The zero-order valence-corrected chi connectivity index (χ0v) is 12.4. The van der Waals surface area contributed by atoms with Crippen LogP contribution in [-0.4, -0.2) is 54.6 Å². The second-order valence-electron chi connectivity index (χ2n) is 6.36. The largest absolute Gasteiger partial charge is 0.330 e. The van der Waals surface area contributed by atoms with Crippen molar-refractivity contribution in [3.05, 3.63) is 0 Å². The molecule has 1 heterocycles. The summed E-state index contributed by atoms with van der Waals surface area (Å²) < 4.78 is 0. The van der Waals surface area contributed by atoms with Crippen molar-refractivity contribution in [1.82, 2.24) is 9.80 Å². The molecule has 4 unspecified atom stereocenters. The van der Waals surface area contributed by atoms with Crippen molar-refractivity contribution in [3.63, 3.8) is 0 Å². The SMILES string of the molecule is CCN(C1CC(C)N(C)C1)C1CCCCC1CN. The van der Waals surface area contributed by atoms with Gasteiger partial charge in [0, 0.05) is 24.7 Å². The molecule has 106 valence electrons. The summed E-state index contributed by atoms with van der Waals surface area (Å²) in [7, 11) is 2.26. The van der Waals surface area contributed by atoms with E-state index >= 15 is 0 Å². The molecule has 3 heteroatoms. The maximum atomic E-state index is 6.00. The second kappa shape index (κ2) is 6.36. The Balaban J connectivity index is 2.03. The van der Waals surface area contributed by atoms with Crippen molar-refractivity contribution < 1.29 is 0 Å². The minimum Gasteiger partial charge on any atom is -0.330 e. The summed E-state index contributed by atoms with van der Waals surface area (Å²) in [6, 6.07) is 2.24. The van der Waals surface area contributed by atoms with Crippen LogP contribution in [0, 0.1) is 5.92 Å². The van der Waals surface area contributed by atoms with E-state index in [0.717, 1.165) is 30.6 Å². The van der Waals surface area contributed by atoms with Crippen LogP contribution in [0.5, 0.6) is 0 Å². The number of hydrogen-bond donors (Lipinski definition) is 1. The molecule has 0 radical (unpaired) electrons. The van der Waals surface area contributed by atoms with Crippen LogP contribution in [0.4, 0.5) is 0 Å². The van der Waals surface area contributed by atoms with E-state index in [2.05, 4.69) is 30.7 Å². The molecule has 0 aromatic heterocycles. The first kappa shape index (κ1) is 14.3. The van der Waals surface area contributed by atoms with Gasteiger partial charge in [-0.2, -0.15) is 0 Å². The lowest BCUT2D eigenvalue weighted by atomic mass is 9.82. The van der Waals surface area contributed by atoms with Crippen molar-refractivity contribution in [1.29, 1.82) is 0 Å². The van der Waals surface area contributed by atoms with Crippen LogP contribution < -0.4 is 5.73 Å². The molecular formula is C15H31N3. The smallest absolute Gasteiger partial charge is 0.0240 e. The average molecular weight is 253 g/mol. The van der Waals surface area contributed by atoms with E-state index in [-0.39, 0.29) is 0 Å². The summed E-state index contributed by atoms with van der Waals surface area (Å²) >= 11 is 0. The van der Waals surface area contributed by atoms with Gasteiger partial charge >= 0.3 is 0 Å². The van der Waals surface area contributed by atoms with E-state index in [1.165, 1.54) is 45.2 Å². The van der Waals surface area contributed by atoms with Gasteiger partial charge in [0.1, 0.15) is 0 Å². The number of rotatable bonds is 4. The van der Waals surface area contributed by atoms with E-state index < -0.39 is 0 Å². The first-order valence-corrected chi connectivity index (χ1v) is 7.83. The molecule has 2 aliphatic rings. The molecule has 4 atom stereocenters. The Hall–Kier alpha value is -0.120. The molecule has 18 heavy (non-hydrogen) atoms. The molecule has 0 spiro atoms. The molecule has 2 N–H and O–H groups in total. The Morgan fingerprint density at radius 2 is 2.00 bits per heavy atom.